The van der Waals surface area contributed by atoms with Gasteiger partial charge in [-0.25, -0.2) is 0 Å². The number of aryl methyl sites for hydroxylation is 1. The Morgan fingerprint density at radius 3 is 2.38 bits per heavy atom. The molecule has 1 N–H and O–H groups in total. The number of benzene rings is 2. The van der Waals surface area contributed by atoms with Crippen LogP contribution in [0.4, 0.5) is 5.69 Å². The fraction of sp³-hybridized carbons (Fsp3) is 0.300. The van der Waals surface area contributed by atoms with Gasteiger partial charge >= 0.3 is 0 Å². The van der Waals surface area contributed by atoms with Gasteiger partial charge in [0.1, 0.15) is 6.54 Å². The highest BCUT2D eigenvalue weighted by Gasteiger charge is 2.16. The molecule has 0 atom stereocenters. The van der Waals surface area contributed by atoms with Gasteiger partial charge in [-0.05, 0) is 42.3 Å². The molecule has 2 aromatic carbocycles. The van der Waals surface area contributed by atoms with Gasteiger partial charge < -0.3 is 19.7 Å². The molecular weight excluding hydrogens is 332 g/mol. The third kappa shape index (κ3) is 4.99. The van der Waals surface area contributed by atoms with Gasteiger partial charge in [-0.15, -0.1) is 0 Å². The molecule has 0 radical (unpaired) electrons. The maximum atomic E-state index is 12.3. The second kappa shape index (κ2) is 8.89. The van der Waals surface area contributed by atoms with E-state index in [4.69, 9.17) is 9.47 Å². The minimum Gasteiger partial charge on any atom is -0.493 e. The molecule has 0 aliphatic rings. The number of carbonyl (C=O) groups excluding carboxylic acids is 2. The molecule has 26 heavy (non-hydrogen) atoms. The molecule has 0 unspecified atom stereocenters. The van der Waals surface area contributed by atoms with Gasteiger partial charge in [0.15, 0.2) is 11.5 Å². The molecule has 0 heterocycles. The summed E-state index contributed by atoms with van der Waals surface area (Å²) < 4.78 is 10.5. The van der Waals surface area contributed by atoms with Crippen molar-refractivity contribution in [3.8, 4) is 11.5 Å². The first-order valence-corrected chi connectivity index (χ1v) is 8.27. The molecule has 0 aliphatic carbocycles. The Balaban J connectivity index is 2.02. The first-order chi connectivity index (χ1) is 12.4. The second-order valence-electron chi connectivity index (χ2n) is 5.91. The maximum Gasteiger partial charge on any atom is 0.240 e. The summed E-state index contributed by atoms with van der Waals surface area (Å²) in [6.45, 7) is 3.69. The average molecular weight is 356 g/mol. The van der Waals surface area contributed by atoms with Gasteiger partial charge in [-0.2, -0.15) is 0 Å². The fourth-order valence-electron chi connectivity index (χ4n) is 2.57. The predicted molar refractivity (Wildman–Crippen MR) is 101 cm³/mol. The van der Waals surface area contributed by atoms with Crippen LogP contribution in [0.15, 0.2) is 42.5 Å². The first kappa shape index (κ1) is 19.3. The normalized spacial score (nSPS) is 10.2. The van der Waals surface area contributed by atoms with E-state index >= 15 is 0 Å². The minimum atomic E-state index is -0.239. The molecule has 0 spiro atoms. The van der Waals surface area contributed by atoms with Gasteiger partial charge in [-0.3, -0.25) is 9.59 Å². The van der Waals surface area contributed by atoms with Crippen LogP contribution < -0.4 is 19.7 Å². The van der Waals surface area contributed by atoms with Crippen LogP contribution in [-0.2, 0) is 16.1 Å². The summed E-state index contributed by atoms with van der Waals surface area (Å²) in [5.41, 5.74) is 2.61. The van der Waals surface area contributed by atoms with E-state index < -0.39 is 0 Å². The Morgan fingerprint density at radius 2 is 1.77 bits per heavy atom. The Labute approximate surface area is 153 Å². The predicted octanol–water partition coefficient (Wildman–Crippen LogP) is 2.68. The summed E-state index contributed by atoms with van der Waals surface area (Å²) in [6, 6.07) is 12.9. The van der Waals surface area contributed by atoms with Crippen LogP contribution in [0.1, 0.15) is 18.1 Å². The lowest BCUT2D eigenvalue weighted by molar-refractivity contribution is -0.123. The number of carbonyl (C=O) groups is 2. The van der Waals surface area contributed by atoms with E-state index in [9.17, 15) is 9.59 Å². The van der Waals surface area contributed by atoms with Crippen molar-refractivity contribution in [2.75, 3.05) is 25.7 Å². The van der Waals surface area contributed by atoms with E-state index in [1.807, 2.05) is 43.3 Å². The number of nitrogens with zero attached hydrogens (tertiary/aromatic N) is 1. The summed E-state index contributed by atoms with van der Waals surface area (Å²) in [4.78, 5) is 25.7. The van der Waals surface area contributed by atoms with Crippen molar-refractivity contribution < 1.29 is 19.1 Å². The van der Waals surface area contributed by atoms with Crippen molar-refractivity contribution in [2.45, 2.75) is 20.4 Å². The third-order valence-corrected chi connectivity index (χ3v) is 3.93. The van der Waals surface area contributed by atoms with E-state index in [1.54, 1.807) is 20.3 Å². The molecule has 0 bridgehead atoms. The number of methoxy groups -OCH3 is 2. The summed E-state index contributed by atoms with van der Waals surface area (Å²) in [5, 5.41) is 2.83. The monoisotopic (exact) mass is 356 g/mol. The van der Waals surface area contributed by atoms with Crippen LogP contribution in [0.25, 0.3) is 0 Å². The zero-order chi connectivity index (χ0) is 19.1. The molecule has 6 nitrogen and oxygen atoms in total. The molecule has 2 rings (SSSR count). The van der Waals surface area contributed by atoms with Crippen LogP contribution in [0.5, 0.6) is 11.5 Å². The Bertz CT molecular complexity index is 789. The molecule has 0 aromatic heterocycles. The van der Waals surface area contributed by atoms with Gasteiger partial charge in [0, 0.05) is 19.2 Å². The first-order valence-electron chi connectivity index (χ1n) is 8.27. The van der Waals surface area contributed by atoms with Gasteiger partial charge in [0.2, 0.25) is 11.8 Å². The summed E-state index contributed by atoms with van der Waals surface area (Å²) in [5.74, 6) is 0.808. The number of amides is 2. The number of anilines is 1. The zero-order valence-corrected chi connectivity index (χ0v) is 15.5. The maximum absolute atomic E-state index is 12.3. The summed E-state index contributed by atoms with van der Waals surface area (Å²) >= 11 is 0. The summed E-state index contributed by atoms with van der Waals surface area (Å²) in [6.07, 6.45) is 0. The van der Waals surface area contributed by atoms with E-state index in [0.29, 0.717) is 23.7 Å². The summed E-state index contributed by atoms with van der Waals surface area (Å²) in [7, 11) is 3.13. The average Bonchev–Trinajstić information content (AvgIpc) is 2.63. The minimum absolute atomic E-state index is 0.0356. The van der Waals surface area contributed by atoms with Crippen molar-refractivity contribution in [1.29, 1.82) is 0 Å². The smallest absolute Gasteiger partial charge is 0.240 e. The van der Waals surface area contributed by atoms with Crippen molar-refractivity contribution in [1.82, 2.24) is 5.32 Å². The molecule has 0 saturated carbocycles. The molecule has 138 valence electrons. The molecule has 2 amide bonds. The molecule has 0 fully saturated rings. The Hall–Kier alpha value is -3.02. The zero-order valence-electron chi connectivity index (χ0n) is 15.5. The number of hydrogen-bond donors (Lipinski definition) is 1. The topological polar surface area (TPSA) is 67.9 Å². The van der Waals surface area contributed by atoms with Gasteiger partial charge in [0.05, 0.1) is 14.2 Å². The SMILES string of the molecule is COc1ccc(CNC(=O)CN(C(C)=O)c2cccc(C)c2)cc1OC. The number of ether oxygens (including phenoxy) is 2. The highest BCUT2D eigenvalue weighted by Crippen LogP contribution is 2.27. The van der Waals surface area contributed by atoms with Crippen molar-refractivity contribution in [3.63, 3.8) is 0 Å². The van der Waals surface area contributed by atoms with Crippen LogP contribution in [0.3, 0.4) is 0 Å². The van der Waals surface area contributed by atoms with E-state index in [1.165, 1.54) is 11.8 Å². The highest BCUT2D eigenvalue weighted by atomic mass is 16.5. The van der Waals surface area contributed by atoms with E-state index in [2.05, 4.69) is 5.32 Å². The quantitative estimate of drug-likeness (QED) is 0.828. The third-order valence-electron chi connectivity index (χ3n) is 3.93. The molecule has 6 heteroatoms. The van der Waals surface area contributed by atoms with E-state index in [-0.39, 0.29) is 18.4 Å². The number of nitrogens with one attached hydrogen (secondary N) is 1. The fourth-order valence-corrected chi connectivity index (χ4v) is 2.57. The van der Waals surface area contributed by atoms with Gasteiger partial charge in [-0.1, -0.05) is 18.2 Å². The largest absolute Gasteiger partial charge is 0.493 e. The molecular formula is C20H24N2O4. The van der Waals surface area contributed by atoms with Crippen LogP contribution >= 0.6 is 0 Å². The number of rotatable bonds is 7. The van der Waals surface area contributed by atoms with Crippen LogP contribution in [-0.4, -0.2) is 32.6 Å². The molecule has 0 aliphatic heterocycles. The highest BCUT2D eigenvalue weighted by molar-refractivity contribution is 5.97. The van der Waals surface area contributed by atoms with E-state index in [0.717, 1.165) is 11.1 Å². The Morgan fingerprint density at radius 1 is 1.04 bits per heavy atom. The van der Waals surface area contributed by atoms with Gasteiger partial charge in [0.25, 0.3) is 0 Å². The lowest BCUT2D eigenvalue weighted by Crippen LogP contribution is -2.39. The standard InChI is InChI=1S/C20H24N2O4/c1-14-6-5-7-17(10-14)22(15(2)23)13-20(24)21-12-16-8-9-18(25-3)19(11-16)26-4/h5-11H,12-13H2,1-4H3,(H,21,24). The van der Waals surface area contributed by atoms with Crippen molar-refractivity contribution >= 4 is 17.5 Å². The lowest BCUT2D eigenvalue weighted by Gasteiger charge is -2.21. The lowest BCUT2D eigenvalue weighted by atomic mass is 10.2. The second-order valence-corrected chi connectivity index (χ2v) is 5.91. The molecule has 2 aromatic rings. The molecule has 0 saturated heterocycles. The van der Waals surface area contributed by atoms with Crippen molar-refractivity contribution in [2.24, 2.45) is 0 Å². The van der Waals surface area contributed by atoms with Crippen molar-refractivity contribution in [3.05, 3.63) is 53.6 Å². The Kier molecular flexibility index (Phi) is 6.60. The van der Waals surface area contributed by atoms with Crippen LogP contribution in [0, 0.1) is 6.92 Å². The van der Waals surface area contributed by atoms with Crippen LogP contribution in [0.2, 0.25) is 0 Å². The number of hydrogen-bond acceptors (Lipinski definition) is 4.